The minimum Gasteiger partial charge on any atom is -0.497 e. The molecule has 0 amide bonds. The monoisotopic (exact) mass is 454 g/mol. The number of piperazine rings is 1. The zero-order valence-corrected chi connectivity index (χ0v) is 20.7. The van der Waals surface area contributed by atoms with Crippen molar-refractivity contribution in [3.8, 4) is 11.5 Å². The lowest BCUT2D eigenvalue weighted by atomic mass is 10.1. The third kappa shape index (κ3) is 7.56. The third-order valence-corrected chi connectivity index (χ3v) is 5.92. The summed E-state index contributed by atoms with van der Waals surface area (Å²) in [4.78, 5) is 17.6. The minimum absolute atomic E-state index is 0.0414. The molecule has 2 aromatic rings. The van der Waals surface area contributed by atoms with E-state index in [1.54, 1.807) is 32.4 Å². The average molecular weight is 455 g/mol. The Kier molecular flexibility index (Phi) is 8.89. The Labute approximate surface area is 198 Å². The molecule has 6 nitrogen and oxygen atoms in total. The smallest absolute Gasteiger partial charge is 0.167 e. The first-order valence-electron chi connectivity index (χ1n) is 11.7. The zero-order valence-electron chi connectivity index (χ0n) is 20.7. The van der Waals surface area contributed by atoms with E-state index in [0.29, 0.717) is 23.5 Å². The standard InChI is InChI=1S/C27H38N2O4/c1-27(2,3)33-26(19-21-9-7-6-8-10-21)29-17-15-28(16-18-29)14-13-24(30)23-12-11-22(31-4)20-25(23)32-5/h6-12,20,26H,13-19H2,1-5H3. The number of nitrogens with zero attached hydrogens (tertiary/aromatic N) is 2. The molecule has 0 radical (unpaired) electrons. The zero-order chi connectivity index (χ0) is 23.8. The van der Waals surface area contributed by atoms with Crippen LogP contribution >= 0.6 is 0 Å². The number of ketones is 1. The van der Waals surface area contributed by atoms with Crippen LogP contribution < -0.4 is 9.47 Å². The number of hydrogen-bond acceptors (Lipinski definition) is 6. The van der Waals surface area contributed by atoms with E-state index in [4.69, 9.17) is 14.2 Å². The third-order valence-electron chi connectivity index (χ3n) is 5.92. The number of carbonyl (C=O) groups is 1. The molecule has 180 valence electrons. The van der Waals surface area contributed by atoms with Crippen molar-refractivity contribution in [2.45, 2.75) is 45.4 Å². The molecule has 33 heavy (non-hydrogen) atoms. The van der Waals surface area contributed by atoms with Gasteiger partial charge in [-0.2, -0.15) is 0 Å². The van der Waals surface area contributed by atoms with Crippen LogP contribution in [-0.2, 0) is 11.2 Å². The van der Waals surface area contributed by atoms with Crippen molar-refractivity contribution >= 4 is 5.78 Å². The normalized spacial score (nSPS) is 16.4. The fourth-order valence-corrected chi connectivity index (χ4v) is 4.17. The van der Waals surface area contributed by atoms with Gasteiger partial charge in [0.1, 0.15) is 17.7 Å². The number of rotatable bonds is 10. The lowest BCUT2D eigenvalue weighted by Gasteiger charge is -2.41. The molecule has 2 aromatic carbocycles. The van der Waals surface area contributed by atoms with Gasteiger partial charge in [0.15, 0.2) is 5.78 Å². The van der Waals surface area contributed by atoms with Crippen LogP contribution in [0.1, 0.15) is 43.1 Å². The molecule has 0 N–H and O–H groups in total. The predicted octanol–water partition coefficient (Wildman–Crippen LogP) is 4.28. The van der Waals surface area contributed by atoms with Gasteiger partial charge >= 0.3 is 0 Å². The fraction of sp³-hybridized carbons (Fsp3) is 0.519. The highest BCUT2D eigenvalue weighted by molar-refractivity contribution is 5.99. The molecular formula is C27H38N2O4. The van der Waals surface area contributed by atoms with Crippen molar-refractivity contribution in [1.29, 1.82) is 0 Å². The van der Waals surface area contributed by atoms with Crippen molar-refractivity contribution < 1.29 is 19.0 Å². The van der Waals surface area contributed by atoms with Gasteiger partial charge in [0.25, 0.3) is 0 Å². The van der Waals surface area contributed by atoms with Crippen molar-refractivity contribution in [2.75, 3.05) is 46.9 Å². The molecule has 1 aliphatic heterocycles. The highest BCUT2D eigenvalue weighted by Gasteiger charge is 2.28. The molecule has 1 unspecified atom stereocenters. The van der Waals surface area contributed by atoms with Crippen LogP contribution in [0.4, 0.5) is 0 Å². The largest absolute Gasteiger partial charge is 0.497 e. The van der Waals surface area contributed by atoms with Crippen molar-refractivity contribution in [2.24, 2.45) is 0 Å². The SMILES string of the molecule is COc1ccc(C(=O)CCN2CCN(C(Cc3ccccc3)OC(C)(C)C)CC2)c(OC)c1. The number of carbonyl (C=O) groups excluding carboxylic acids is 1. The first-order valence-corrected chi connectivity index (χ1v) is 11.7. The highest BCUT2D eigenvalue weighted by Crippen LogP contribution is 2.26. The summed E-state index contributed by atoms with van der Waals surface area (Å²) in [5.41, 5.74) is 1.69. The Morgan fingerprint density at radius 1 is 0.970 bits per heavy atom. The van der Waals surface area contributed by atoms with E-state index >= 15 is 0 Å². The summed E-state index contributed by atoms with van der Waals surface area (Å²) in [7, 11) is 3.18. The number of Topliss-reactive ketones (excluding diaryl/α,β-unsaturated/α-hetero) is 1. The van der Waals surface area contributed by atoms with Gasteiger partial charge < -0.3 is 19.1 Å². The topological polar surface area (TPSA) is 51.2 Å². The second-order valence-corrected chi connectivity index (χ2v) is 9.49. The van der Waals surface area contributed by atoms with Crippen LogP contribution in [0.15, 0.2) is 48.5 Å². The number of benzene rings is 2. The Balaban J connectivity index is 1.54. The summed E-state index contributed by atoms with van der Waals surface area (Å²) < 4.78 is 17.1. The van der Waals surface area contributed by atoms with Gasteiger partial charge in [-0.1, -0.05) is 30.3 Å². The number of methoxy groups -OCH3 is 2. The molecule has 3 rings (SSSR count). The first kappa shape index (κ1) is 25.2. The number of ether oxygens (including phenoxy) is 3. The average Bonchev–Trinajstić information content (AvgIpc) is 2.81. The molecule has 1 atom stereocenters. The van der Waals surface area contributed by atoms with Gasteiger partial charge in [0, 0.05) is 51.6 Å². The van der Waals surface area contributed by atoms with Crippen LogP contribution in [0.3, 0.4) is 0 Å². The van der Waals surface area contributed by atoms with Crippen LogP contribution in [0.25, 0.3) is 0 Å². The maximum atomic E-state index is 12.8. The molecule has 0 bridgehead atoms. The molecule has 1 aliphatic rings. The van der Waals surface area contributed by atoms with Crippen LogP contribution in [0.2, 0.25) is 0 Å². The Morgan fingerprint density at radius 3 is 2.27 bits per heavy atom. The molecule has 1 fully saturated rings. The van der Waals surface area contributed by atoms with E-state index in [1.807, 2.05) is 6.07 Å². The molecule has 6 heteroatoms. The molecular weight excluding hydrogens is 416 g/mol. The van der Waals surface area contributed by atoms with E-state index in [-0.39, 0.29) is 17.6 Å². The van der Waals surface area contributed by atoms with E-state index in [9.17, 15) is 4.79 Å². The van der Waals surface area contributed by atoms with Crippen molar-refractivity contribution in [3.63, 3.8) is 0 Å². The summed E-state index contributed by atoms with van der Waals surface area (Å²) >= 11 is 0. The van der Waals surface area contributed by atoms with E-state index in [2.05, 4.69) is 54.8 Å². The summed E-state index contributed by atoms with van der Waals surface area (Å²) in [5.74, 6) is 1.34. The van der Waals surface area contributed by atoms with E-state index in [0.717, 1.165) is 39.1 Å². The second kappa shape index (κ2) is 11.6. The maximum absolute atomic E-state index is 12.8. The van der Waals surface area contributed by atoms with Crippen LogP contribution in [-0.4, -0.2) is 74.4 Å². The highest BCUT2D eigenvalue weighted by atomic mass is 16.5. The van der Waals surface area contributed by atoms with E-state index < -0.39 is 0 Å². The minimum atomic E-state index is -0.208. The Hall–Kier alpha value is -2.41. The molecule has 1 saturated heterocycles. The lowest BCUT2D eigenvalue weighted by Crippen LogP contribution is -2.53. The second-order valence-electron chi connectivity index (χ2n) is 9.49. The predicted molar refractivity (Wildman–Crippen MR) is 131 cm³/mol. The van der Waals surface area contributed by atoms with Gasteiger partial charge in [0.2, 0.25) is 0 Å². The molecule has 0 spiro atoms. The Morgan fingerprint density at radius 2 is 1.67 bits per heavy atom. The van der Waals surface area contributed by atoms with Crippen LogP contribution in [0.5, 0.6) is 11.5 Å². The van der Waals surface area contributed by atoms with Gasteiger partial charge in [0.05, 0.1) is 25.4 Å². The maximum Gasteiger partial charge on any atom is 0.167 e. The number of hydrogen-bond donors (Lipinski definition) is 0. The van der Waals surface area contributed by atoms with E-state index in [1.165, 1.54) is 5.56 Å². The van der Waals surface area contributed by atoms with Crippen molar-refractivity contribution in [1.82, 2.24) is 9.80 Å². The summed E-state index contributed by atoms with van der Waals surface area (Å²) in [6, 6.07) is 15.9. The van der Waals surface area contributed by atoms with Gasteiger partial charge in [-0.25, -0.2) is 0 Å². The molecule has 1 heterocycles. The fourth-order valence-electron chi connectivity index (χ4n) is 4.17. The van der Waals surface area contributed by atoms with Gasteiger partial charge in [-0.05, 0) is 38.5 Å². The molecule has 0 saturated carbocycles. The molecule has 0 aromatic heterocycles. The summed E-state index contributed by atoms with van der Waals surface area (Å²) in [6.07, 6.45) is 1.38. The molecule has 0 aliphatic carbocycles. The van der Waals surface area contributed by atoms with Crippen LogP contribution in [0, 0.1) is 0 Å². The summed E-state index contributed by atoms with van der Waals surface area (Å²) in [6.45, 7) is 10.8. The van der Waals surface area contributed by atoms with Gasteiger partial charge in [-0.3, -0.25) is 9.69 Å². The lowest BCUT2D eigenvalue weighted by molar-refractivity contribution is -0.140. The van der Waals surface area contributed by atoms with Gasteiger partial charge in [-0.15, -0.1) is 0 Å². The summed E-state index contributed by atoms with van der Waals surface area (Å²) in [5, 5.41) is 0. The van der Waals surface area contributed by atoms with Crippen molar-refractivity contribution in [3.05, 3.63) is 59.7 Å². The Bertz CT molecular complexity index is 887. The quantitative estimate of drug-likeness (QED) is 0.500. The first-order chi connectivity index (χ1) is 15.8.